The number of ether oxygens (including phenoxy) is 5. The van der Waals surface area contributed by atoms with Crippen molar-refractivity contribution in [3.63, 3.8) is 0 Å². The Bertz CT molecular complexity index is 7570. The molecule has 24 rings (SSSR count). The van der Waals surface area contributed by atoms with Crippen LogP contribution in [0.2, 0.25) is 5.02 Å². The number of nitrogens with one attached hydrogen (secondary N) is 12. The quantitative estimate of drug-likeness (QED) is 0.0565. The first-order chi connectivity index (χ1) is 70.4. The van der Waals surface area contributed by atoms with Gasteiger partial charge in [0.1, 0.15) is 58.9 Å². The van der Waals surface area contributed by atoms with Gasteiger partial charge in [-0.15, -0.1) is 0 Å². The molecule has 0 spiro atoms. The zero-order valence-corrected chi connectivity index (χ0v) is 80.0. The summed E-state index contributed by atoms with van der Waals surface area (Å²) in [5.41, 5.74) is 39.7. The Hall–Kier alpha value is -18.3. The summed E-state index contributed by atoms with van der Waals surface area (Å²) in [4.78, 5) is 119. The minimum absolute atomic E-state index is 0.114. The van der Waals surface area contributed by atoms with E-state index in [1.165, 1.54) is 0 Å². The second-order valence-corrected chi connectivity index (χ2v) is 35.1. The summed E-state index contributed by atoms with van der Waals surface area (Å²) >= 11 is 6.56. The number of nitrogens with zero attached hydrogens (tertiary/aromatic N) is 4. The van der Waals surface area contributed by atoms with Gasteiger partial charge in [0.2, 0.25) is 23.6 Å². The normalized spacial score (nSPS) is 16.6. The molecule has 34 heteroatoms. The average molecular weight is 1960 g/mol. The number of halogens is 1. The van der Waals surface area contributed by atoms with Crippen LogP contribution in [-0.4, -0.2) is 101 Å². The van der Waals surface area contributed by atoms with Gasteiger partial charge in [0.25, 0.3) is 5.91 Å². The van der Waals surface area contributed by atoms with Gasteiger partial charge in [-0.2, -0.15) is 0 Å². The number of carbonyl (C=O) groups excluding carboxylic acids is 8. The summed E-state index contributed by atoms with van der Waals surface area (Å²) in [6.07, 6.45) is 6.53. The van der Waals surface area contributed by atoms with E-state index in [1.807, 2.05) is 239 Å². The third-order valence-electron chi connectivity index (χ3n) is 24.7. The highest BCUT2D eigenvalue weighted by Crippen LogP contribution is 2.37. The molecule has 16 bridgehead atoms. The van der Waals surface area contributed by atoms with Crippen molar-refractivity contribution in [3.8, 4) is 11.5 Å². The second kappa shape index (κ2) is 45.8. The van der Waals surface area contributed by atoms with Crippen molar-refractivity contribution in [2.75, 3.05) is 98.5 Å². The molecule has 0 radical (unpaired) electrons. The first-order valence-corrected chi connectivity index (χ1v) is 47.4. The van der Waals surface area contributed by atoms with Gasteiger partial charge in [-0.1, -0.05) is 115 Å². The number of aromatic nitrogens is 4. The molecule has 8 amide bonds. The van der Waals surface area contributed by atoms with Crippen LogP contribution in [0.25, 0.3) is 43.1 Å². The molecule has 12 aromatic carbocycles. The van der Waals surface area contributed by atoms with Crippen molar-refractivity contribution in [2.24, 2.45) is 0 Å². The van der Waals surface area contributed by atoms with Crippen molar-refractivity contribution in [1.29, 1.82) is 0 Å². The number of pyridine rings is 4. The van der Waals surface area contributed by atoms with Crippen molar-refractivity contribution in [2.45, 2.75) is 89.9 Å². The highest BCUT2D eigenvalue weighted by molar-refractivity contribution is 6.31. The molecule has 0 aliphatic carbocycles. The van der Waals surface area contributed by atoms with Gasteiger partial charge >= 0.3 is 18.3 Å². The maximum absolute atomic E-state index is 13.7. The van der Waals surface area contributed by atoms with E-state index in [0.29, 0.717) is 101 Å². The Morgan fingerprint density at radius 1 is 0.366 bits per heavy atom. The van der Waals surface area contributed by atoms with E-state index in [0.717, 1.165) is 127 Å². The van der Waals surface area contributed by atoms with E-state index in [9.17, 15) is 38.4 Å². The maximum Gasteiger partial charge on any atom is 0.411 e. The van der Waals surface area contributed by atoms with Gasteiger partial charge in [0.15, 0.2) is 6.61 Å². The molecule has 0 saturated carbocycles. The molecule has 0 fully saturated rings. The number of anilines is 12. The van der Waals surface area contributed by atoms with Gasteiger partial charge < -0.3 is 94.5 Å². The Morgan fingerprint density at radius 2 is 0.731 bits per heavy atom. The van der Waals surface area contributed by atoms with Crippen molar-refractivity contribution in [1.82, 2.24) is 41.2 Å². The van der Waals surface area contributed by atoms with E-state index in [2.05, 4.69) is 83.7 Å². The number of carbonyl (C=O) groups is 8. The smallest absolute Gasteiger partial charge is 0.411 e. The molecule has 33 nitrogen and oxygen atoms in total. The van der Waals surface area contributed by atoms with Crippen LogP contribution in [0.4, 0.5) is 83.2 Å². The summed E-state index contributed by atoms with van der Waals surface area (Å²) in [6, 6.07) is 80.8. The lowest BCUT2D eigenvalue weighted by Crippen LogP contribution is -2.35. The minimum Gasteiger partial charge on any atom is -0.494 e. The fourth-order valence-electron chi connectivity index (χ4n) is 17.1. The number of nitrogen functional groups attached to an aromatic ring is 4. The zero-order chi connectivity index (χ0) is 101. The van der Waals surface area contributed by atoms with Crippen LogP contribution in [0.3, 0.4) is 0 Å². The first kappa shape index (κ1) is 98.3. The number of nitrogens with two attached hydrogens (primary N) is 4. The Kier molecular flexibility index (Phi) is 31.0. The summed E-state index contributed by atoms with van der Waals surface area (Å²) in [5.74, 6) is 1.96. The minimum atomic E-state index is -0.708. The fraction of sp³-hybridized carbons (Fsp3) is 0.171. The van der Waals surface area contributed by atoms with Gasteiger partial charge in [-0.3, -0.25) is 39.9 Å². The molecule has 20 N–H and O–H groups in total. The maximum atomic E-state index is 13.7. The molecule has 12 heterocycles. The van der Waals surface area contributed by atoms with E-state index in [1.54, 1.807) is 79.4 Å². The molecular formula is C111H105ClN20O13. The second-order valence-electron chi connectivity index (χ2n) is 34.7. The molecule has 5 atom stereocenters. The molecule has 734 valence electrons. The number of benzene rings is 12. The topological polar surface area (TPSA) is 483 Å². The number of hydrogen-bond donors (Lipinski definition) is 16. The van der Waals surface area contributed by atoms with E-state index in [-0.39, 0.29) is 75.1 Å². The lowest BCUT2D eigenvalue weighted by molar-refractivity contribution is -0.123. The molecule has 4 unspecified atom stereocenters. The fourth-order valence-corrected chi connectivity index (χ4v) is 17.4. The van der Waals surface area contributed by atoms with Crippen LogP contribution < -0.4 is 96.2 Å². The Balaban J connectivity index is 0.000000133. The number of hydrogen-bond acceptors (Lipinski definition) is 25. The summed E-state index contributed by atoms with van der Waals surface area (Å²) in [7, 11) is 0. The number of aryl methyl sites for hydroxylation is 1. The number of fused-ring (bicyclic) bond motifs is 39. The summed E-state index contributed by atoms with van der Waals surface area (Å²) in [6.45, 7) is 7.61. The van der Waals surface area contributed by atoms with Gasteiger partial charge in [0.05, 0.1) is 32.5 Å². The highest BCUT2D eigenvalue weighted by Gasteiger charge is 2.30. The van der Waals surface area contributed by atoms with E-state index < -0.39 is 42.4 Å². The molecule has 8 aliphatic rings. The van der Waals surface area contributed by atoms with Crippen LogP contribution in [0.5, 0.6) is 11.5 Å². The average Bonchev–Trinajstić information content (AvgIpc) is 0.946. The molecule has 16 aromatic rings. The summed E-state index contributed by atoms with van der Waals surface area (Å²) in [5, 5.41) is 44.2. The first-order valence-electron chi connectivity index (χ1n) is 47.0. The molecule has 0 saturated heterocycles. The van der Waals surface area contributed by atoms with E-state index in [4.69, 9.17) is 58.2 Å². The standard InChI is InChI=1S/C29H29N5O4.C29H29N5O3.C27H24ClN5O3.C26H23N5O3/c1-2-37-25-16-21-7-6-19(25)11-13-38-29(36)34-22-5-3-4-18(14-22)17-32-28(35)26(21)33-23-8-9-24-20(15-23)10-12-31-27(24)30;1-17-14-22-7-6-19(17)11-13-37-29(36)34-23-5-3-4-20(15-23)18(2)32-28(35)26(22)33-24-8-9-25-21(16-24)10-12-31-27(25)30;28-23-14-19-5-4-17(23)9-11-36-27(35)33-20-3-1-2-16(12-20)15-31-26(34)24(19)32-21-6-7-22-18(13-21)8-10-30-25(22)29;27-25-22-9-6-20(13-18(22)10-11-28-25)31-24-17-4-7-21(8-5-17)34-15-23(32)30-19-3-1-2-16(12-19)14-29-26(24)33/h3-10,12,14-16,26,33H,2,11,13,17H2,1H3,(H2,30,31)(H,32,35)(H,34,36);3-10,12,14-16,18,26,33H,11,13H2,1-2H3,(H2,30,31)(H,32,35)(H,34,36);1-8,10,12-14,24,32H,9,11,15H2,(H2,29,30)(H,31,34)(H,33,35);1-13,24,31H,14-15H2,(H2,27,28)(H,29,33)(H,30,32)/t;18-,26?;;/m.1../s1. The lowest BCUT2D eigenvalue weighted by Gasteiger charge is -2.24. The third-order valence-corrected chi connectivity index (χ3v) is 25.0. The van der Waals surface area contributed by atoms with Crippen LogP contribution >= 0.6 is 11.6 Å². The monoisotopic (exact) mass is 1960 g/mol. The largest absolute Gasteiger partial charge is 0.494 e. The van der Waals surface area contributed by atoms with Crippen LogP contribution in [0.1, 0.15) is 111 Å². The molecular weight excluding hydrogens is 1860 g/mol. The van der Waals surface area contributed by atoms with Crippen molar-refractivity contribution < 1.29 is 62.0 Å². The van der Waals surface area contributed by atoms with Crippen molar-refractivity contribution in [3.05, 3.63) is 370 Å². The predicted molar refractivity (Wildman–Crippen MR) is 565 cm³/mol. The zero-order valence-electron chi connectivity index (χ0n) is 79.2. The Labute approximate surface area is 839 Å². The number of amides is 8. The van der Waals surface area contributed by atoms with Gasteiger partial charge in [-0.25, -0.2) is 34.3 Å². The molecule has 8 aliphatic heterocycles. The van der Waals surface area contributed by atoms with Gasteiger partial charge in [-0.05, 0) is 279 Å². The van der Waals surface area contributed by atoms with Crippen LogP contribution in [0, 0.1) is 6.92 Å². The highest BCUT2D eigenvalue weighted by atomic mass is 35.5. The van der Waals surface area contributed by atoms with Crippen molar-refractivity contribution >= 4 is 171 Å². The van der Waals surface area contributed by atoms with Crippen LogP contribution in [-0.2, 0) is 77.1 Å². The van der Waals surface area contributed by atoms with E-state index >= 15 is 0 Å². The Morgan fingerprint density at radius 3 is 1.16 bits per heavy atom. The SMILES string of the molecule is CCOc1cc2ccc1CCOC(=O)Nc1cccc(c1)CNC(=O)C2Nc1ccc2c(N)nccc2c1.Cc1cc2ccc1CCOC(=O)Nc1cccc(c1)[C@@H](C)NC(=O)C2Nc1ccc2c(N)nccc2c1.Nc1nccc2cc(NC3C(=O)NCc4cccc(c4)NC(=O)COc4ccc3cc4)ccc12.Nc1nccc2cc(NC3C(=O)NCc4cccc(c4)NC(=O)OCCc4ccc3cc4Cl)ccc12. The van der Waals surface area contributed by atoms with Gasteiger partial charge in [0, 0.05) is 136 Å². The van der Waals surface area contributed by atoms with Crippen LogP contribution in [0.15, 0.2) is 298 Å². The summed E-state index contributed by atoms with van der Waals surface area (Å²) < 4.78 is 27.6. The molecule has 4 aromatic heterocycles. The lowest BCUT2D eigenvalue weighted by atomic mass is 9.97. The predicted octanol–water partition coefficient (Wildman–Crippen LogP) is 18.7. The molecule has 145 heavy (non-hydrogen) atoms. The third kappa shape index (κ3) is 25.3. The number of rotatable bonds is 10.